The maximum atomic E-state index is 12.4. The SMILES string of the molecule is O=C(NCC1CCN(CC(F)(F)F)C1)c1cccc2[nH]cnc12. The molecule has 8 heteroatoms. The van der Waals surface area contributed by atoms with E-state index in [1.54, 1.807) is 12.1 Å². The van der Waals surface area contributed by atoms with Crippen LogP contribution in [0, 0.1) is 5.92 Å². The Morgan fingerprint density at radius 1 is 1.43 bits per heavy atom. The zero-order valence-corrected chi connectivity index (χ0v) is 12.4. The van der Waals surface area contributed by atoms with E-state index in [2.05, 4.69) is 15.3 Å². The molecule has 1 aromatic carbocycles. The number of carbonyl (C=O) groups is 1. The third-order valence-corrected chi connectivity index (χ3v) is 4.02. The molecule has 5 nitrogen and oxygen atoms in total. The molecule has 0 aliphatic carbocycles. The number of alkyl halides is 3. The van der Waals surface area contributed by atoms with Crippen LogP contribution in [0.3, 0.4) is 0 Å². The molecule has 0 bridgehead atoms. The number of fused-ring (bicyclic) bond motifs is 1. The number of hydrogen-bond acceptors (Lipinski definition) is 3. The third-order valence-electron chi connectivity index (χ3n) is 4.02. The molecule has 2 aromatic rings. The van der Waals surface area contributed by atoms with Gasteiger partial charge in [-0.2, -0.15) is 13.2 Å². The average Bonchev–Trinajstić information content (AvgIpc) is 3.11. The monoisotopic (exact) mass is 326 g/mol. The van der Waals surface area contributed by atoms with E-state index in [1.807, 2.05) is 6.07 Å². The minimum atomic E-state index is -4.17. The van der Waals surface area contributed by atoms with Crippen molar-refractivity contribution in [3.63, 3.8) is 0 Å². The van der Waals surface area contributed by atoms with E-state index in [-0.39, 0.29) is 11.8 Å². The summed E-state index contributed by atoms with van der Waals surface area (Å²) in [6, 6.07) is 5.27. The summed E-state index contributed by atoms with van der Waals surface area (Å²) in [6.45, 7) is 0.249. The number of nitrogens with zero attached hydrogens (tertiary/aromatic N) is 2. The number of benzene rings is 1. The van der Waals surface area contributed by atoms with Crippen LogP contribution in [0.2, 0.25) is 0 Å². The third kappa shape index (κ3) is 3.82. The summed E-state index contributed by atoms with van der Waals surface area (Å²) in [5.74, 6) is -0.211. The fraction of sp³-hybridized carbons (Fsp3) is 0.467. The number of imidazole rings is 1. The van der Waals surface area contributed by atoms with E-state index < -0.39 is 12.7 Å². The Kier molecular flexibility index (Phi) is 4.25. The molecule has 23 heavy (non-hydrogen) atoms. The summed E-state index contributed by atoms with van der Waals surface area (Å²) in [6.07, 6.45) is -2.00. The lowest BCUT2D eigenvalue weighted by atomic mass is 10.1. The number of likely N-dealkylation sites (tertiary alicyclic amines) is 1. The predicted molar refractivity (Wildman–Crippen MR) is 79.0 cm³/mol. The zero-order chi connectivity index (χ0) is 16.4. The quantitative estimate of drug-likeness (QED) is 0.905. The van der Waals surface area contributed by atoms with Crippen molar-refractivity contribution in [1.29, 1.82) is 0 Å². The van der Waals surface area contributed by atoms with Crippen LogP contribution in [0.15, 0.2) is 24.5 Å². The Bertz CT molecular complexity index is 697. The number of nitrogens with one attached hydrogen (secondary N) is 2. The molecule has 2 N–H and O–H groups in total. The first kappa shape index (κ1) is 15.8. The minimum absolute atomic E-state index is 0.0414. The van der Waals surface area contributed by atoms with Gasteiger partial charge in [-0.1, -0.05) is 6.07 Å². The first-order chi connectivity index (χ1) is 10.9. The largest absolute Gasteiger partial charge is 0.401 e. The van der Waals surface area contributed by atoms with Gasteiger partial charge < -0.3 is 10.3 Å². The number of aromatic amines is 1. The molecule has 0 spiro atoms. The number of rotatable bonds is 4. The lowest BCUT2D eigenvalue weighted by Crippen LogP contribution is -2.34. The molecule has 1 fully saturated rings. The van der Waals surface area contributed by atoms with Crippen LogP contribution in [0.1, 0.15) is 16.8 Å². The van der Waals surface area contributed by atoms with Crippen molar-refractivity contribution in [3.8, 4) is 0 Å². The summed E-state index contributed by atoms with van der Waals surface area (Å²) in [4.78, 5) is 20.7. The molecule has 1 aliphatic heterocycles. The van der Waals surface area contributed by atoms with Gasteiger partial charge in [0.2, 0.25) is 0 Å². The highest BCUT2D eigenvalue weighted by atomic mass is 19.4. The number of carbonyl (C=O) groups excluding carboxylic acids is 1. The van der Waals surface area contributed by atoms with Crippen molar-refractivity contribution in [3.05, 3.63) is 30.1 Å². The van der Waals surface area contributed by atoms with E-state index in [0.29, 0.717) is 37.1 Å². The first-order valence-corrected chi connectivity index (χ1v) is 7.42. The Hall–Kier alpha value is -2.09. The fourth-order valence-electron chi connectivity index (χ4n) is 2.96. The second kappa shape index (κ2) is 6.19. The second-order valence-electron chi connectivity index (χ2n) is 5.82. The molecule has 1 unspecified atom stereocenters. The van der Waals surface area contributed by atoms with Crippen LogP contribution in [-0.4, -0.2) is 53.1 Å². The van der Waals surface area contributed by atoms with Crippen molar-refractivity contribution in [2.24, 2.45) is 5.92 Å². The van der Waals surface area contributed by atoms with Gasteiger partial charge >= 0.3 is 6.18 Å². The standard InChI is InChI=1S/C15H17F3N4O/c16-15(17,18)8-22-5-4-10(7-22)6-19-14(23)11-2-1-3-12-13(11)21-9-20-12/h1-3,9-10H,4-8H2,(H,19,23)(H,20,21). The molecule has 1 aliphatic rings. The van der Waals surface area contributed by atoms with Gasteiger partial charge in [0, 0.05) is 13.1 Å². The highest BCUT2D eigenvalue weighted by Gasteiger charge is 2.34. The number of para-hydroxylation sites is 1. The van der Waals surface area contributed by atoms with Gasteiger partial charge in [0.05, 0.1) is 24.0 Å². The molecule has 124 valence electrons. The Morgan fingerprint density at radius 2 is 2.26 bits per heavy atom. The molecular formula is C15H17F3N4O. The van der Waals surface area contributed by atoms with E-state index in [0.717, 1.165) is 5.52 Å². The first-order valence-electron chi connectivity index (χ1n) is 7.42. The lowest BCUT2D eigenvalue weighted by molar-refractivity contribution is -0.143. The molecule has 2 heterocycles. The lowest BCUT2D eigenvalue weighted by Gasteiger charge is -2.18. The number of hydrogen-bond donors (Lipinski definition) is 2. The number of amides is 1. The smallest absolute Gasteiger partial charge is 0.352 e. The van der Waals surface area contributed by atoms with Gasteiger partial charge in [0.1, 0.15) is 5.52 Å². The van der Waals surface area contributed by atoms with E-state index in [1.165, 1.54) is 11.2 Å². The van der Waals surface area contributed by atoms with Gasteiger partial charge in [-0.3, -0.25) is 9.69 Å². The van der Waals surface area contributed by atoms with Gasteiger partial charge in [0.15, 0.2) is 0 Å². The topological polar surface area (TPSA) is 61.0 Å². The summed E-state index contributed by atoms with van der Waals surface area (Å²) in [5, 5.41) is 2.81. The van der Waals surface area contributed by atoms with Crippen molar-refractivity contribution in [2.45, 2.75) is 12.6 Å². The fourth-order valence-corrected chi connectivity index (χ4v) is 2.96. The van der Waals surface area contributed by atoms with E-state index >= 15 is 0 Å². The van der Waals surface area contributed by atoms with Crippen molar-refractivity contribution >= 4 is 16.9 Å². The van der Waals surface area contributed by atoms with Crippen LogP contribution in [0.4, 0.5) is 13.2 Å². The van der Waals surface area contributed by atoms with Crippen LogP contribution in [0.5, 0.6) is 0 Å². The zero-order valence-electron chi connectivity index (χ0n) is 12.4. The Balaban J connectivity index is 1.55. The summed E-state index contributed by atoms with van der Waals surface area (Å²) >= 11 is 0. The van der Waals surface area contributed by atoms with Gasteiger partial charge in [-0.25, -0.2) is 4.98 Å². The van der Waals surface area contributed by atoms with Gasteiger partial charge in [-0.15, -0.1) is 0 Å². The van der Waals surface area contributed by atoms with Crippen LogP contribution < -0.4 is 5.32 Å². The summed E-state index contributed by atoms with van der Waals surface area (Å²) in [7, 11) is 0. The van der Waals surface area contributed by atoms with Crippen LogP contribution in [0.25, 0.3) is 11.0 Å². The second-order valence-corrected chi connectivity index (χ2v) is 5.82. The number of aromatic nitrogens is 2. The Morgan fingerprint density at radius 3 is 3.04 bits per heavy atom. The van der Waals surface area contributed by atoms with Crippen molar-refractivity contribution in [2.75, 3.05) is 26.2 Å². The van der Waals surface area contributed by atoms with E-state index in [4.69, 9.17) is 0 Å². The van der Waals surface area contributed by atoms with Crippen LogP contribution >= 0.6 is 0 Å². The molecular weight excluding hydrogens is 309 g/mol. The van der Waals surface area contributed by atoms with Crippen molar-refractivity contribution in [1.82, 2.24) is 20.2 Å². The normalized spacial score (nSPS) is 19.3. The molecule has 0 saturated carbocycles. The highest BCUT2D eigenvalue weighted by Crippen LogP contribution is 2.22. The molecule has 1 atom stereocenters. The van der Waals surface area contributed by atoms with Gasteiger partial charge in [0.25, 0.3) is 5.91 Å². The minimum Gasteiger partial charge on any atom is -0.352 e. The molecule has 3 rings (SSSR count). The molecule has 0 radical (unpaired) electrons. The van der Waals surface area contributed by atoms with Crippen LogP contribution in [-0.2, 0) is 0 Å². The maximum Gasteiger partial charge on any atom is 0.401 e. The molecule has 1 saturated heterocycles. The summed E-state index contributed by atoms with van der Waals surface area (Å²) < 4.78 is 37.1. The average molecular weight is 326 g/mol. The summed E-state index contributed by atoms with van der Waals surface area (Å²) in [5.41, 5.74) is 1.83. The van der Waals surface area contributed by atoms with Crippen molar-refractivity contribution < 1.29 is 18.0 Å². The van der Waals surface area contributed by atoms with E-state index in [9.17, 15) is 18.0 Å². The van der Waals surface area contributed by atoms with Gasteiger partial charge in [-0.05, 0) is 31.0 Å². The number of halogens is 3. The predicted octanol–water partition coefficient (Wildman–Crippen LogP) is 2.18. The molecule has 1 amide bonds. The highest BCUT2D eigenvalue weighted by molar-refractivity contribution is 6.04. The maximum absolute atomic E-state index is 12.4. The number of H-pyrrole nitrogens is 1. The Labute approximate surface area is 130 Å². The molecule has 1 aromatic heterocycles.